The molecule has 40 heavy (non-hydrogen) atoms. The minimum atomic E-state index is -0.540. The number of nitrogens with one attached hydrogen (secondary N) is 1. The standard InChI is InChI=1S/C28H28N4O6S2/c1-5-14-32-23(15-38-21-12-10-20(36-3)11-13-21)30-31-28(32)40-17-24(33)29-26-25(27(34)37-4)22(16-39-26)18-6-8-19(35-2)9-7-18/h5-13,16H,1,14-15,17H2,2-4H3,(H,29,33). The minimum Gasteiger partial charge on any atom is -0.497 e. The van der Waals surface area contributed by atoms with Gasteiger partial charge in [-0.1, -0.05) is 30.0 Å². The first kappa shape index (κ1) is 28.7. The highest BCUT2D eigenvalue weighted by Gasteiger charge is 2.23. The molecule has 0 aliphatic rings. The van der Waals surface area contributed by atoms with Crippen LogP contribution >= 0.6 is 23.1 Å². The maximum Gasteiger partial charge on any atom is 0.341 e. The second kappa shape index (κ2) is 13.7. The van der Waals surface area contributed by atoms with Crippen molar-refractivity contribution in [3.63, 3.8) is 0 Å². The number of amides is 1. The summed E-state index contributed by atoms with van der Waals surface area (Å²) in [5.41, 5.74) is 1.76. The van der Waals surface area contributed by atoms with Crippen molar-refractivity contribution in [3.8, 4) is 28.4 Å². The van der Waals surface area contributed by atoms with Gasteiger partial charge in [0.2, 0.25) is 5.91 Å². The lowest BCUT2D eigenvalue weighted by atomic mass is 10.0. The number of esters is 1. The third kappa shape index (κ3) is 6.82. The Morgan fingerprint density at radius 3 is 2.27 bits per heavy atom. The number of methoxy groups -OCH3 is 3. The molecule has 4 rings (SSSR count). The lowest BCUT2D eigenvalue weighted by Crippen LogP contribution is -2.16. The predicted molar refractivity (Wildman–Crippen MR) is 155 cm³/mol. The van der Waals surface area contributed by atoms with Crippen LogP contribution in [0.25, 0.3) is 11.1 Å². The van der Waals surface area contributed by atoms with Gasteiger partial charge in [0.1, 0.15) is 34.4 Å². The quantitative estimate of drug-likeness (QED) is 0.128. The summed E-state index contributed by atoms with van der Waals surface area (Å²) < 4.78 is 23.1. The molecule has 1 amide bonds. The highest BCUT2D eigenvalue weighted by Crippen LogP contribution is 2.37. The minimum absolute atomic E-state index is 0.0466. The molecular formula is C28H28N4O6S2. The summed E-state index contributed by atoms with van der Waals surface area (Å²) in [6.45, 7) is 4.44. The summed E-state index contributed by atoms with van der Waals surface area (Å²) in [6.07, 6.45) is 1.72. The first-order valence-corrected chi connectivity index (χ1v) is 13.9. The molecule has 0 unspecified atom stereocenters. The largest absolute Gasteiger partial charge is 0.497 e. The maximum atomic E-state index is 12.9. The normalized spacial score (nSPS) is 10.6. The molecule has 0 spiro atoms. The van der Waals surface area contributed by atoms with Crippen molar-refractivity contribution in [2.45, 2.75) is 18.3 Å². The summed E-state index contributed by atoms with van der Waals surface area (Å²) in [5, 5.41) is 14.1. The van der Waals surface area contributed by atoms with Crippen molar-refractivity contribution in [1.29, 1.82) is 0 Å². The molecule has 1 N–H and O–H groups in total. The van der Waals surface area contributed by atoms with Gasteiger partial charge < -0.3 is 24.3 Å². The van der Waals surface area contributed by atoms with Gasteiger partial charge in [-0.15, -0.1) is 28.1 Å². The molecule has 2 heterocycles. The molecule has 0 bridgehead atoms. The van der Waals surface area contributed by atoms with Crippen LogP contribution in [-0.2, 0) is 22.7 Å². The number of carbonyl (C=O) groups excluding carboxylic acids is 2. The summed E-state index contributed by atoms with van der Waals surface area (Å²) in [7, 11) is 4.50. The molecule has 0 fully saturated rings. The van der Waals surface area contributed by atoms with E-state index in [0.717, 1.165) is 11.3 Å². The van der Waals surface area contributed by atoms with E-state index in [0.29, 0.717) is 45.2 Å². The van der Waals surface area contributed by atoms with E-state index in [-0.39, 0.29) is 18.3 Å². The average Bonchev–Trinajstić information content (AvgIpc) is 3.58. The van der Waals surface area contributed by atoms with Crippen molar-refractivity contribution in [3.05, 3.63) is 78.0 Å². The van der Waals surface area contributed by atoms with E-state index in [2.05, 4.69) is 22.1 Å². The van der Waals surface area contributed by atoms with Crippen molar-refractivity contribution in [2.24, 2.45) is 0 Å². The van der Waals surface area contributed by atoms with Crippen LogP contribution in [0.4, 0.5) is 5.00 Å². The smallest absolute Gasteiger partial charge is 0.341 e. The Morgan fingerprint density at radius 2 is 1.65 bits per heavy atom. The molecular weight excluding hydrogens is 552 g/mol. The fourth-order valence-corrected chi connectivity index (χ4v) is 5.44. The van der Waals surface area contributed by atoms with Gasteiger partial charge in [-0.05, 0) is 42.0 Å². The molecule has 12 heteroatoms. The Kier molecular flexibility index (Phi) is 9.81. The number of ether oxygens (including phenoxy) is 4. The van der Waals surface area contributed by atoms with Gasteiger partial charge in [-0.3, -0.25) is 9.36 Å². The molecule has 0 aliphatic carbocycles. The number of hydrogen-bond acceptors (Lipinski definition) is 10. The van der Waals surface area contributed by atoms with Crippen LogP contribution in [0.15, 0.2) is 71.7 Å². The highest BCUT2D eigenvalue weighted by atomic mass is 32.2. The summed E-state index contributed by atoms with van der Waals surface area (Å²) in [4.78, 5) is 25.6. The molecule has 0 radical (unpaired) electrons. The fraction of sp³-hybridized carbons (Fsp3) is 0.214. The summed E-state index contributed by atoms with van der Waals surface area (Å²) in [6, 6.07) is 14.5. The molecule has 0 saturated carbocycles. The zero-order valence-electron chi connectivity index (χ0n) is 22.2. The van der Waals surface area contributed by atoms with Gasteiger partial charge >= 0.3 is 5.97 Å². The number of carbonyl (C=O) groups is 2. The monoisotopic (exact) mass is 580 g/mol. The van der Waals surface area contributed by atoms with Crippen LogP contribution in [-0.4, -0.2) is 53.7 Å². The number of hydrogen-bond donors (Lipinski definition) is 1. The van der Waals surface area contributed by atoms with Crippen LogP contribution in [0, 0.1) is 0 Å². The number of allylic oxidation sites excluding steroid dienone is 1. The fourth-order valence-electron chi connectivity index (χ4n) is 3.70. The van der Waals surface area contributed by atoms with E-state index in [9.17, 15) is 9.59 Å². The van der Waals surface area contributed by atoms with Crippen LogP contribution in [0.2, 0.25) is 0 Å². The van der Waals surface area contributed by atoms with E-state index in [1.165, 1.54) is 30.2 Å². The number of nitrogens with zero attached hydrogens (tertiary/aromatic N) is 3. The second-order valence-corrected chi connectivity index (χ2v) is 9.99. The molecule has 0 atom stereocenters. The van der Waals surface area contributed by atoms with Crippen molar-refractivity contribution in [1.82, 2.24) is 14.8 Å². The third-order valence-electron chi connectivity index (χ3n) is 5.70. The van der Waals surface area contributed by atoms with E-state index >= 15 is 0 Å². The third-order valence-corrected chi connectivity index (χ3v) is 7.56. The van der Waals surface area contributed by atoms with Gasteiger partial charge in [0.15, 0.2) is 11.0 Å². The van der Waals surface area contributed by atoms with Crippen LogP contribution in [0.3, 0.4) is 0 Å². The summed E-state index contributed by atoms with van der Waals surface area (Å²) in [5.74, 6) is 1.89. The zero-order chi connectivity index (χ0) is 28.5. The van der Waals surface area contributed by atoms with E-state index in [4.69, 9.17) is 18.9 Å². The number of benzene rings is 2. The number of rotatable bonds is 13. The van der Waals surface area contributed by atoms with E-state index in [1.807, 2.05) is 34.2 Å². The molecule has 0 aliphatic heterocycles. The Balaban J connectivity index is 1.43. The predicted octanol–water partition coefficient (Wildman–Crippen LogP) is 5.31. The molecule has 2 aromatic heterocycles. The second-order valence-electron chi connectivity index (χ2n) is 8.17. The molecule has 2 aromatic carbocycles. The maximum absolute atomic E-state index is 12.9. The topological polar surface area (TPSA) is 114 Å². The molecule has 10 nitrogen and oxygen atoms in total. The molecule has 4 aromatic rings. The van der Waals surface area contributed by atoms with Gasteiger partial charge in [-0.2, -0.15) is 0 Å². The van der Waals surface area contributed by atoms with Crippen LogP contribution < -0.4 is 19.5 Å². The van der Waals surface area contributed by atoms with Gasteiger partial charge in [0.25, 0.3) is 0 Å². The number of aromatic nitrogens is 3. The van der Waals surface area contributed by atoms with E-state index in [1.54, 1.807) is 44.6 Å². The first-order valence-electron chi connectivity index (χ1n) is 12.0. The lowest BCUT2D eigenvalue weighted by Gasteiger charge is -2.10. The number of anilines is 1. The van der Waals surface area contributed by atoms with E-state index < -0.39 is 5.97 Å². The Hall–Kier alpha value is -4.29. The number of thiophene rings is 1. The first-order chi connectivity index (χ1) is 19.5. The Bertz CT molecular complexity index is 1470. The van der Waals surface area contributed by atoms with Crippen molar-refractivity contribution >= 4 is 40.0 Å². The van der Waals surface area contributed by atoms with Gasteiger partial charge in [0.05, 0.1) is 27.1 Å². The molecule has 0 saturated heterocycles. The SMILES string of the molecule is C=CCn1c(COc2ccc(OC)cc2)nnc1SCC(=O)Nc1scc(-c2ccc(OC)cc2)c1C(=O)OC. The van der Waals surface area contributed by atoms with Crippen molar-refractivity contribution in [2.75, 3.05) is 32.4 Å². The Labute approximate surface area is 239 Å². The lowest BCUT2D eigenvalue weighted by molar-refractivity contribution is -0.113. The summed E-state index contributed by atoms with van der Waals surface area (Å²) >= 11 is 2.47. The van der Waals surface area contributed by atoms with Crippen LogP contribution in [0.1, 0.15) is 16.2 Å². The Morgan fingerprint density at radius 1 is 1.00 bits per heavy atom. The number of thioether (sulfide) groups is 1. The van der Waals surface area contributed by atoms with Gasteiger partial charge in [-0.25, -0.2) is 4.79 Å². The average molecular weight is 581 g/mol. The molecule has 208 valence electrons. The van der Waals surface area contributed by atoms with Crippen LogP contribution in [0.5, 0.6) is 17.2 Å². The zero-order valence-corrected chi connectivity index (χ0v) is 23.8. The van der Waals surface area contributed by atoms with Gasteiger partial charge in [0, 0.05) is 17.5 Å². The van der Waals surface area contributed by atoms with Crippen molar-refractivity contribution < 1.29 is 28.5 Å². The highest BCUT2D eigenvalue weighted by molar-refractivity contribution is 7.99.